The van der Waals surface area contributed by atoms with Crippen LogP contribution in [0.15, 0.2) is 82.8 Å². The third kappa shape index (κ3) is 4.88. The van der Waals surface area contributed by atoms with Gasteiger partial charge < -0.3 is 0 Å². The van der Waals surface area contributed by atoms with Gasteiger partial charge in [0.1, 0.15) is 11.6 Å². The number of hydrazone groups is 1. The molecular weight excluding hydrogens is 472 g/mol. The molecule has 4 rings (SSSR count). The minimum Gasteiger partial charge on any atom is -0.283 e. The average Bonchev–Trinajstić information content (AvgIpc) is 3.20. The molecule has 1 atom stereocenters. The van der Waals surface area contributed by atoms with Crippen molar-refractivity contribution in [3.8, 4) is 0 Å². The van der Waals surface area contributed by atoms with Gasteiger partial charge in [0.25, 0.3) is 10.0 Å². The van der Waals surface area contributed by atoms with Gasteiger partial charge >= 0.3 is 0 Å². The van der Waals surface area contributed by atoms with Crippen LogP contribution >= 0.6 is 0 Å². The smallest absolute Gasteiger partial charge is 0.279 e. The van der Waals surface area contributed by atoms with E-state index >= 15 is 0 Å². The molecule has 1 heterocycles. The molecule has 1 aliphatic heterocycles. The fourth-order valence-electron chi connectivity index (χ4n) is 3.57. The zero-order chi connectivity index (χ0) is 23.8. The molecule has 1 aliphatic rings. The molecule has 3 aromatic carbocycles. The zero-order valence-corrected chi connectivity index (χ0v) is 18.9. The van der Waals surface area contributed by atoms with Gasteiger partial charge in [-0.3, -0.25) is 4.72 Å². The number of rotatable bonds is 6. The maximum atomic E-state index is 13.8. The second-order valence-corrected chi connectivity index (χ2v) is 11.0. The van der Waals surface area contributed by atoms with E-state index in [1.807, 2.05) is 0 Å². The first-order chi connectivity index (χ1) is 15.5. The molecule has 0 saturated carbocycles. The fourth-order valence-corrected chi connectivity index (χ4v) is 5.61. The molecule has 1 N–H and O–H groups in total. The van der Waals surface area contributed by atoms with E-state index in [1.165, 1.54) is 42.5 Å². The lowest BCUT2D eigenvalue weighted by molar-refractivity contribution is 0.371. The lowest BCUT2D eigenvalue weighted by Crippen LogP contribution is -2.27. The highest BCUT2D eigenvalue weighted by Crippen LogP contribution is 2.38. The third-order valence-corrected chi connectivity index (χ3v) is 7.27. The van der Waals surface area contributed by atoms with Crippen LogP contribution in [0.4, 0.5) is 14.5 Å². The number of para-hydroxylation sites is 1. The third-order valence-electron chi connectivity index (χ3n) is 5.00. The first-order valence-corrected chi connectivity index (χ1v) is 13.1. The molecule has 0 radical (unpaired) electrons. The summed E-state index contributed by atoms with van der Waals surface area (Å²) in [5.41, 5.74) is 1.41. The summed E-state index contributed by atoms with van der Waals surface area (Å²) in [5, 5.41) is 4.32. The van der Waals surface area contributed by atoms with Crippen molar-refractivity contribution in [2.45, 2.75) is 17.4 Å². The first-order valence-electron chi connectivity index (χ1n) is 9.75. The minimum atomic E-state index is -4.28. The molecule has 172 valence electrons. The van der Waals surface area contributed by atoms with E-state index in [2.05, 4.69) is 9.82 Å². The Balaban J connectivity index is 1.84. The van der Waals surface area contributed by atoms with Gasteiger partial charge in [-0.15, -0.1) is 0 Å². The van der Waals surface area contributed by atoms with Crippen LogP contribution in [0.25, 0.3) is 0 Å². The molecule has 0 aromatic heterocycles. The van der Waals surface area contributed by atoms with Crippen LogP contribution in [-0.4, -0.2) is 33.2 Å². The van der Waals surface area contributed by atoms with Crippen molar-refractivity contribution < 1.29 is 25.6 Å². The number of anilines is 1. The summed E-state index contributed by atoms with van der Waals surface area (Å²) >= 11 is 0. The predicted molar refractivity (Wildman–Crippen MR) is 121 cm³/mol. The standard InChI is InChI=1S/C22H19F2N3O4S2/c1-32(28,29)26-20-8-3-2-7-19(20)21-14-22(15-9-11-16(23)12-10-15)27(25-21)33(30,31)18-6-4-5-17(24)13-18/h2-13,22,26H,14H2,1H3/t22-/m1/s1. The predicted octanol–water partition coefficient (Wildman–Crippen LogP) is 3.88. The summed E-state index contributed by atoms with van der Waals surface area (Å²) in [7, 11) is -7.89. The van der Waals surface area contributed by atoms with E-state index in [0.29, 0.717) is 16.8 Å². The summed E-state index contributed by atoms with van der Waals surface area (Å²) in [6.45, 7) is 0. The Morgan fingerprint density at radius 2 is 1.61 bits per heavy atom. The van der Waals surface area contributed by atoms with E-state index in [1.54, 1.807) is 18.2 Å². The molecule has 0 bridgehead atoms. The monoisotopic (exact) mass is 491 g/mol. The van der Waals surface area contributed by atoms with Gasteiger partial charge in [0.2, 0.25) is 10.0 Å². The zero-order valence-electron chi connectivity index (χ0n) is 17.3. The molecule has 0 fully saturated rings. The van der Waals surface area contributed by atoms with Crippen molar-refractivity contribution in [2.24, 2.45) is 5.10 Å². The minimum absolute atomic E-state index is 0.0859. The number of sulfonamides is 2. The second kappa shape index (κ2) is 8.56. The number of halogens is 2. The van der Waals surface area contributed by atoms with Gasteiger partial charge in [-0.2, -0.15) is 17.9 Å². The van der Waals surface area contributed by atoms with Crippen molar-refractivity contribution in [3.63, 3.8) is 0 Å². The Hall–Kier alpha value is -3.31. The quantitative estimate of drug-likeness (QED) is 0.566. The Bertz CT molecular complexity index is 1440. The molecular formula is C22H19F2N3O4S2. The molecule has 11 heteroatoms. The highest BCUT2D eigenvalue weighted by atomic mass is 32.2. The van der Waals surface area contributed by atoms with Crippen molar-refractivity contribution in [1.29, 1.82) is 0 Å². The van der Waals surface area contributed by atoms with Crippen molar-refractivity contribution >= 4 is 31.4 Å². The molecule has 0 saturated heterocycles. The summed E-state index contributed by atoms with van der Waals surface area (Å²) in [6, 6.07) is 15.5. The van der Waals surface area contributed by atoms with Gasteiger partial charge in [0.05, 0.1) is 28.6 Å². The summed E-state index contributed by atoms with van der Waals surface area (Å²) < 4.78 is 80.9. The van der Waals surface area contributed by atoms with Crippen molar-refractivity contribution in [3.05, 3.63) is 95.6 Å². The number of nitrogens with zero attached hydrogens (tertiary/aromatic N) is 2. The summed E-state index contributed by atoms with van der Waals surface area (Å²) in [6.07, 6.45) is 1.09. The van der Waals surface area contributed by atoms with Crippen LogP contribution in [0.5, 0.6) is 0 Å². The maximum absolute atomic E-state index is 13.8. The number of hydrogen-bond acceptors (Lipinski definition) is 5. The van der Waals surface area contributed by atoms with Gasteiger partial charge in [-0.1, -0.05) is 36.4 Å². The van der Waals surface area contributed by atoms with E-state index in [-0.39, 0.29) is 17.0 Å². The highest BCUT2D eigenvalue weighted by molar-refractivity contribution is 7.92. The molecule has 0 spiro atoms. The number of hydrogen-bond donors (Lipinski definition) is 1. The summed E-state index contributed by atoms with van der Waals surface area (Å²) in [5.74, 6) is -1.21. The van der Waals surface area contributed by atoms with Crippen LogP contribution < -0.4 is 4.72 Å². The van der Waals surface area contributed by atoms with E-state index < -0.39 is 37.7 Å². The van der Waals surface area contributed by atoms with Gasteiger partial charge in [-0.05, 0) is 42.0 Å². The second-order valence-electron chi connectivity index (χ2n) is 7.47. The molecule has 0 unspecified atom stereocenters. The molecule has 33 heavy (non-hydrogen) atoms. The average molecular weight is 492 g/mol. The van der Waals surface area contributed by atoms with Crippen molar-refractivity contribution in [2.75, 3.05) is 11.0 Å². The Kier molecular flexibility index (Phi) is 5.93. The summed E-state index contributed by atoms with van der Waals surface area (Å²) in [4.78, 5) is -0.290. The lowest BCUT2D eigenvalue weighted by atomic mass is 9.98. The van der Waals surface area contributed by atoms with Crippen LogP contribution in [-0.2, 0) is 20.0 Å². The normalized spacial score (nSPS) is 16.5. The Morgan fingerprint density at radius 3 is 2.27 bits per heavy atom. The van der Waals surface area contributed by atoms with Crippen LogP contribution in [0.3, 0.4) is 0 Å². The van der Waals surface area contributed by atoms with E-state index in [0.717, 1.165) is 22.8 Å². The van der Waals surface area contributed by atoms with Gasteiger partial charge in [-0.25, -0.2) is 17.2 Å². The molecule has 0 amide bonds. The van der Waals surface area contributed by atoms with Gasteiger partial charge in [0.15, 0.2) is 0 Å². The maximum Gasteiger partial charge on any atom is 0.279 e. The molecule has 3 aromatic rings. The SMILES string of the molecule is CS(=O)(=O)Nc1ccccc1C1=NN(S(=O)(=O)c2cccc(F)c2)[C@@H](c2ccc(F)cc2)C1. The topological polar surface area (TPSA) is 95.9 Å². The first kappa shape index (κ1) is 22.9. The number of nitrogens with one attached hydrogen (secondary N) is 1. The van der Waals surface area contributed by atoms with E-state index in [4.69, 9.17) is 0 Å². The van der Waals surface area contributed by atoms with Crippen LogP contribution in [0, 0.1) is 11.6 Å². The van der Waals surface area contributed by atoms with Crippen LogP contribution in [0.1, 0.15) is 23.6 Å². The fraction of sp³-hybridized carbons (Fsp3) is 0.136. The highest BCUT2D eigenvalue weighted by Gasteiger charge is 2.38. The van der Waals surface area contributed by atoms with Crippen LogP contribution in [0.2, 0.25) is 0 Å². The lowest BCUT2D eigenvalue weighted by Gasteiger charge is -2.23. The molecule has 0 aliphatic carbocycles. The largest absolute Gasteiger partial charge is 0.283 e. The molecule has 7 nitrogen and oxygen atoms in total. The van der Waals surface area contributed by atoms with Gasteiger partial charge in [0, 0.05) is 12.0 Å². The Morgan fingerprint density at radius 1 is 0.909 bits per heavy atom. The Labute approximate surface area is 190 Å². The number of benzene rings is 3. The van der Waals surface area contributed by atoms with E-state index in [9.17, 15) is 25.6 Å². The van der Waals surface area contributed by atoms with Crippen molar-refractivity contribution in [1.82, 2.24) is 4.41 Å².